The molecule has 0 aliphatic rings. The first-order valence-electron chi connectivity index (χ1n) is 3.65. The molecule has 1 N–H and O–H groups in total. The molecule has 0 amide bonds. The Hall–Kier alpha value is -0.730. The van der Waals surface area contributed by atoms with Crippen LogP contribution in [0.1, 0.15) is 5.56 Å². The van der Waals surface area contributed by atoms with E-state index in [0.717, 1.165) is 12.3 Å². The first kappa shape index (κ1) is 11.3. The summed E-state index contributed by atoms with van der Waals surface area (Å²) in [6.45, 7) is 0.851. The molecule has 12 heavy (non-hydrogen) atoms. The van der Waals surface area contributed by atoms with Gasteiger partial charge in [-0.25, -0.2) is 0 Å². The van der Waals surface area contributed by atoms with Crippen molar-refractivity contribution in [1.29, 1.82) is 0 Å². The van der Waals surface area contributed by atoms with Crippen LogP contribution in [0.5, 0.6) is 5.75 Å². The lowest BCUT2D eigenvalue weighted by Gasteiger charge is -2.06. The van der Waals surface area contributed by atoms with Crippen molar-refractivity contribution in [2.24, 2.45) is 0 Å². The molecule has 0 radical (unpaired) electrons. The highest BCUT2D eigenvalue weighted by molar-refractivity contribution is 5.32. The van der Waals surface area contributed by atoms with E-state index in [0.29, 0.717) is 0 Å². The molecule has 0 unspecified atom stereocenters. The van der Waals surface area contributed by atoms with E-state index in [4.69, 9.17) is 4.74 Å². The highest BCUT2D eigenvalue weighted by Gasteiger charge is 1.97. The molecule has 0 spiro atoms. The molecule has 0 heterocycles. The van der Waals surface area contributed by atoms with E-state index in [9.17, 15) is 0 Å². The van der Waals surface area contributed by atoms with Gasteiger partial charge in [0.15, 0.2) is 0 Å². The van der Waals surface area contributed by atoms with Crippen LogP contribution in [-0.2, 0) is 6.54 Å². The maximum atomic E-state index is 5.16. The lowest BCUT2D eigenvalue weighted by molar-refractivity contribution is -0.00000263. The summed E-state index contributed by atoms with van der Waals surface area (Å²) in [7, 11) is 3.61. The molecule has 0 saturated carbocycles. The smallest absolute Gasteiger partial charge is 0.123 e. The second-order valence-corrected chi connectivity index (χ2v) is 2.34. The summed E-state index contributed by atoms with van der Waals surface area (Å²) >= 11 is 0. The van der Waals surface area contributed by atoms with Crippen molar-refractivity contribution in [2.45, 2.75) is 6.54 Å². The molecule has 0 fully saturated rings. The largest absolute Gasteiger partial charge is 1.00 e. The summed E-state index contributed by atoms with van der Waals surface area (Å²) in [6, 6.07) is 8.00. The van der Waals surface area contributed by atoms with Crippen LogP contribution in [0.25, 0.3) is 0 Å². The number of hydrogen-bond acceptors (Lipinski definition) is 2. The molecule has 2 nitrogen and oxygen atoms in total. The van der Waals surface area contributed by atoms with E-state index in [1.807, 2.05) is 25.2 Å². The van der Waals surface area contributed by atoms with Crippen molar-refractivity contribution in [3.63, 3.8) is 0 Å². The Morgan fingerprint density at radius 2 is 2.00 bits per heavy atom. The van der Waals surface area contributed by atoms with Gasteiger partial charge in [0.25, 0.3) is 0 Å². The van der Waals surface area contributed by atoms with Gasteiger partial charge in [-0.1, -0.05) is 18.2 Å². The summed E-state index contributed by atoms with van der Waals surface area (Å²) in [5.74, 6) is 0.946. The SMILES string of the molecule is CNCc1ccccc1OC.[Cl-]. The number of nitrogens with one attached hydrogen (secondary N) is 1. The molecule has 0 aromatic heterocycles. The summed E-state index contributed by atoms with van der Waals surface area (Å²) < 4.78 is 5.16. The third-order valence-corrected chi connectivity index (χ3v) is 1.56. The fourth-order valence-corrected chi connectivity index (χ4v) is 1.04. The van der Waals surface area contributed by atoms with Gasteiger partial charge in [0.2, 0.25) is 0 Å². The van der Waals surface area contributed by atoms with Crippen molar-refractivity contribution in [3.05, 3.63) is 29.8 Å². The van der Waals surface area contributed by atoms with Crippen LogP contribution in [0, 0.1) is 0 Å². The van der Waals surface area contributed by atoms with Crippen molar-refractivity contribution in [3.8, 4) is 5.75 Å². The predicted molar refractivity (Wildman–Crippen MR) is 45.8 cm³/mol. The van der Waals surface area contributed by atoms with Crippen molar-refractivity contribution < 1.29 is 17.1 Å². The maximum absolute atomic E-state index is 5.16. The molecule has 1 aromatic carbocycles. The fraction of sp³-hybridized carbons (Fsp3) is 0.333. The van der Waals surface area contributed by atoms with Crippen LogP contribution in [0.4, 0.5) is 0 Å². The molecular weight excluding hydrogens is 174 g/mol. The number of rotatable bonds is 3. The average Bonchev–Trinajstić information content (AvgIpc) is 2.06. The van der Waals surface area contributed by atoms with E-state index in [1.165, 1.54) is 5.56 Å². The molecule has 0 atom stereocenters. The first-order valence-corrected chi connectivity index (χ1v) is 3.65. The van der Waals surface area contributed by atoms with Crippen molar-refractivity contribution in [2.75, 3.05) is 14.2 Å². The van der Waals surface area contributed by atoms with E-state index in [2.05, 4.69) is 11.4 Å². The lowest BCUT2D eigenvalue weighted by atomic mass is 10.2. The molecule has 0 aliphatic heterocycles. The first-order chi connectivity index (χ1) is 5.38. The van der Waals surface area contributed by atoms with Gasteiger partial charge in [-0.3, -0.25) is 0 Å². The Bertz CT molecular complexity index is 228. The molecule has 68 valence electrons. The van der Waals surface area contributed by atoms with Gasteiger partial charge in [-0.2, -0.15) is 0 Å². The predicted octanol–water partition coefficient (Wildman–Crippen LogP) is -1.58. The zero-order valence-corrected chi connectivity index (χ0v) is 8.06. The average molecular weight is 187 g/mol. The summed E-state index contributed by atoms with van der Waals surface area (Å²) in [4.78, 5) is 0. The van der Waals surface area contributed by atoms with Crippen LogP contribution in [-0.4, -0.2) is 14.2 Å². The van der Waals surface area contributed by atoms with Gasteiger partial charge in [-0.05, 0) is 13.1 Å². The molecule has 0 aliphatic carbocycles. The van der Waals surface area contributed by atoms with Gasteiger partial charge in [0.1, 0.15) is 5.75 Å². The Kier molecular flexibility index (Phi) is 5.51. The normalized spacial score (nSPS) is 8.83. The molecule has 3 heteroatoms. The number of halogens is 1. The maximum Gasteiger partial charge on any atom is 0.123 e. The molecule has 1 aromatic rings. The van der Waals surface area contributed by atoms with Crippen LogP contribution < -0.4 is 22.5 Å². The Labute approximate surface area is 79.3 Å². The van der Waals surface area contributed by atoms with Gasteiger partial charge in [0.05, 0.1) is 7.11 Å². The summed E-state index contributed by atoms with van der Waals surface area (Å²) in [5, 5.41) is 3.08. The Morgan fingerprint density at radius 3 is 2.58 bits per heavy atom. The lowest BCUT2D eigenvalue weighted by Crippen LogP contribution is -3.00. The third-order valence-electron chi connectivity index (χ3n) is 1.56. The second kappa shape index (κ2) is 5.86. The van der Waals surface area contributed by atoms with Gasteiger partial charge >= 0.3 is 0 Å². The molecule has 1 rings (SSSR count). The number of para-hydroxylation sites is 1. The fourth-order valence-electron chi connectivity index (χ4n) is 1.04. The monoisotopic (exact) mass is 186 g/mol. The highest BCUT2D eigenvalue weighted by Crippen LogP contribution is 2.16. The van der Waals surface area contributed by atoms with Crippen LogP contribution >= 0.6 is 0 Å². The number of benzene rings is 1. The quantitative estimate of drug-likeness (QED) is 0.616. The third kappa shape index (κ3) is 2.72. The van der Waals surface area contributed by atoms with Gasteiger partial charge < -0.3 is 22.5 Å². The highest BCUT2D eigenvalue weighted by atomic mass is 35.5. The van der Waals surface area contributed by atoms with Gasteiger partial charge in [-0.15, -0.1) is 0 Å². The summed E-state index contributed by atoms with van der Waals surface area (Å²) in [5.41, 5.74) is 1.19. The number of methoxy groups -OCH3 is 1. The van der Waals surface area contributed by atoms with Gasteiger partial charge in [0, 0.05) is 12.1 Å². The van der Waals surface area contributed by atoms with Crippen LogP contribution in [0.2, 0.25) is 0 Å². The molecular formula is C9H13ClNO-. The van der Waals surface area contributed by atoms with Crippen molar-refractivity contribution >= 4 is 0 Å². The minimum atomic E-state index is 0. The standard InChI is InChI=1S/C9H13NO.ClH/c1-10-7-8-5-3-4-6-9(8)11-2;/h3-6,10H,7H2,1-2H3;1H/p-1. The van der Waals surface area contributed by atoms with E-state index in [1.54, 1.807) is 7.11 Å². The molecule has 0 bridgehead atoms. The van der Waals surface area contributed by atoms with Crippen LogP contribution in [0.15, 0.2) is 24.3 Å². The Balaban J connectivity index is 0.00000121. The Morgan fingerprint density at radius 1 is 1.33 bits per heavy atom. The zero-order chi connectivity index (χ0) is 8.10. The minimum Gasteiger partial charge on any atom is -1.00 e. The van der Waals surface area contributed by atoms with Crippen LogP contribution in [0.3, 0.4) is 0 Å². The van der Waals surface area contributed by atoms with Crippen molar-refractivity contribution in [1.82, 2.24) is 5.32 Å². The number of ether oxygens (including phenoxy) is 1. The van der Waals surface area contributed by atoms with E-state index < -0.39 is 0 Å². The second-order valence-electron chi connectivity index (χ2n) is 2.34. The molecule has 0 saturated heterocycles. The van der Waals surface area contributed by atoms with E-state index >= 15 is 0 Å². The zero-order valence-electron chi connectivity index (χ0n) is 7.30. The minimum absolute atomic E-state index is 0. The topological polar surface area (TPSA) is 21.3 Å². The summed E-state index contributed by atoms with van der Waals surface area (Å²) in [6.07, 6.45) is 0. The van der Waals surface area contributed by atoms with E-state index in [-0.39, 0.29) is 12.4 Å². The number of hydrogen-bond donors (Lipinski definition) is 1.